The second kappa shape index (κ2) is 6.93. The Morgan fingerprint density at radius 2 is 1.33 bits per heavy atom. The van der Waals surface area contributed by atoms with Gasteiger partial charge in [-0.3, -0.25) is 0 Å². The lowest BCUT2D eigenvalue weighted by molar-refractivity contribution is 0.596. The lowest BCUT2D eigenvalue weighted by atomic mass is 10.3. The summed E-state index contributed by atoms with van der Waals surface area (Å²) in [6, 6.07) is 18.5. The minimum absolute atomic E-state index is 0.732. The highest BCUT2D eigenvalue weighted by Gasteiger charge is 2.32. The molecule has 2 aromatic carbocycles. The van der Waals surface area contributed by atoms with Crippen molar-refractivity contribution < 1.29 is 4.12 Å². The smallest absolute Gasteiger partial charge is 0.211 e. The van der Waals surface area contributed by atoms with Crippen LogP contribution in [0.25, 0.3) is 0 Å². The van der Waals surface area contributed by atoms with Crippen LogP contribution in [0, 0.1) is 0 Å². The predicted molar refractivity (Wildman–Crippen MR) is 97.3 cm³/mol. The molecule has 0 unspecified atom stereocenters. The van der Waals surface area contributed by atoms with Crippen molar-refractivity contribution in [2.75, 3.05) is 11.5 Å². The van der Waals surface area contributed by atoms with Gasteiger partial charge in [0.1, 0.15) is 0 Å². The Bertz CT molecular complexity index is 566. The number of anilines is 2. The summed E-state index contributed by atoms with van der Waals surface area (Å²) in [7, 11) is -2.60. The topological polar surface area (TPSA) is 61.3 Å². The Hall–Kier alpha value is -1.57. The Balaban J connectivity index is 2.17. The third kappa shape index (κ3) is 3.75. The Morgan fingerprint density at radius 1 is 0.857 bits per heavy atom. The van der Waals surface area contributed by atoms with E-state index in [-0.39, 0.29) is 0 Å². The molecule has 21 heavy (non-hydrogen) atoms. The molecular weight excluding hydrogens is 292 g/mol. The molecule has 0 radical (unpaired) electrons. The lowest BCUT2D eigenvalue weighted by Gasteiger charge is -2.30. The summed E-state index contributed by atoms with van der Waals surface area (Å²) < 4.78 is 6.58. The van der Waals surface area contributed by atoms with Gasteiger partial charge in [0.25, 0.3) is 0 Å². The van der Waals surface area contributed by atoms with Crippen molar-refractivity contribution in [2.24, 2.45) is 0 Å². The normalized spacial score (nSPS) is 12.1. The average molecular weight is 317 g/mol. The van der Waals surface area contributed by atoms with Crippen LogP contribution in [-0.2, 0) is 4.12 Å². The van der Waals surface area contributed by atoms with Crippen LogP contribution in [-0.4, -0.2) is 18.1 Å². The summed E-state index contributed by atoms with van der Waals surface area (Å²) in [5.41, 5.74) is 13.2. The van der Waals surface area contributed by atoms with Gasteiger partial charge in [-0.05, 0) is 46.7 Å². The zero-order valence-electron chi connectivity index (χ0n) is 12.8. The number of benzene rings is 2. The Morgan fingerprint density at radius 3 is 1.81 bits per heavy atom. The first-order chi connectivity index (χ1) is 10.1. The van der Waals surface area contributed by atoms with Crippen molar-refractivity contribution in [2.45, 2.75) is 25.9 Å². The number of hydrogen-bond donors (Lipinski definition) is 2. The zero-order valence-corrected chi connectivity index (χ0v) is 15.2. The van der Waals surface area contributed by atoms with Crippen molar-refractivity contribution in [1.82, 2.24) is 0 Å². The molecule has 0 amide bonds. The van der Waals surface area contributed by atoms with Crippen molar-refractivity contribution in [3.63, 3.8) is 0 Å². The van der Waals surface area contributed by atoms with Gasteiger partial charge < -0.3 is 15.6 Å². The first-order valence-corrected chi connectivity index (χ1v) is 11.0. The van der Waals surface area contributed by atoms with E-state index in [1.165, 1.54) is 10.4 Å². The fraction of sp³-hybridized carbons (Fsp3) is 0.250. The van der Waals surface area contributed by atoms with Crippen molar-refractivity contribution in [1.29, 1.82) is 0 Å². The maximum atomic E-state index is 6.58. The minimum Gasteiger partial charge on any atom is -0.453 e. The van der Waals surface area contributed by atoms with E-state index >= 15 is 0 Å². The van der Waals surface area contributed by atoms with Crippen molar-refractivity contribution in [3.05, 3.63) is 48.5 Å². The highest BCUT2D eigenvalue weighted by Crippen LogP contribution is 2.17. The summed E-state index contributed by atoms with van der Waals surface area (Å²) in [6.07, 6.45) is 0. The van der Waals surface area contributed by atoms with Gasteiger partial charge in [0.2, 0.25) is 8.32 Å². The number of nitrogens with two attached hydrogens (primary N) is 2. The minimum atomic E-state index is -1.86. The quantitative estimate of drug-likeness (QED) is 0.627. The molecule has 0 aliphatic heterocycles. The third-order valence-corrected chi connectivity index (χ3v) is 11.3. The molecule has 0 bridgehead atoms. The standard InChI is InChI=1S/C16H24N2OSi2/c1-3-21(4-2,16-11-7-14(18)8-12-16)19-20-15-9-5-13(17)6-10-15/h5-12H,3-4,17-18,20H2,1-2H3. The number of rotatable bonds is 6. The first-order valence-electron chi connectivity index (χ1n) is 7.44. The summed E-state index contributed by atoms with van der Waals surface area (Å²) in [5, 5.41) is 2.66. The van der Waals surface area contributed by atoms with Gasteiger partial charge in [0.15, 0.2) is 9.76 Å². The molecule has 2 aromatic rings. The monoisotopic (exact) mass is 316 g/mol. The van der Waals surface area contributed by atoms with Crippen LogP contribution in [0.2, 0.25) is 12.1 Å². The van der Waals surface area contributed by atoms with E-state index in [0.717, 1.165) is 23.5 Å². The van der Waals surface area contributed by atoms with Crippen LogP contribution in [0.1, 0.15) is 13.8 Å². The highest BCUT2D eigenvalue weighted by atomic mass is 28.4. The second-order valence-corrected chi connectivity index (χ2v) is 11.6. The Labute approximate surface area is 130 Å². The van der Waals surface area contributed by atoms with E-state index in [4.69, 9.17) is 15.6 Å². The summed E-state index contributed by atoms with van der Waals surface area (Å²) in [4.78, 5) is 0. The second-order valence-electron chi connectivity index (χ2n) is 5.35. The van der Waals surface area contributed by atoms with E-state index < -0.39 is 18.1 Å². The van der Waals surface area contributed by atoms with E-state index in [0.29, 0.717) is 0 Å². The maximum Gasteiger partial charge on any atom is 0.211 e. The Kier molecular flexibility index (Phi) is 5.22. The molecule has 112 valence electrons. The van der Waals surface area contributed by atoms with Gasteiger partial charge in [-0.15, -0.1) is 0 Å². The SMILES string of the molecule is CC[Si](CC)(O[SiH2]c1ccc(N)cc1)c1ccc(N)cc1. The van der Waals surface area contributed by atoms with Crippen LogP contribution in [0.15, 0.2) is 48.5 Å². The molecule has 0 heterocycles. The van der Waals surface area contributed by atoms with Crippen LogP contribution in [0.4, 0.5) is 11.4 Å². The van der Waals surface area contributed by atoms with Crippen LogP contribution in [0.3, 0.4) is 0 Å². The third-order valence-electron chi connectivity index (χ3n) is 4.07. The van der Waals surface area contributed by atoms with Gasteiger partial charge in [-0.25, -0.2) is 0 Å². The lowest BCUT2D eigenvalue weighted by Crippen LogP contribution is -2.51. The van der Waals surface area contributed by atoms with E-state index in [1.54, 1.807) is 0 Å². The zero-order chi connectivity index (χ0) is 15.3. The maximum absolute atomic E-state index is 6.58. The molecular formula is C16H24N2OSi2. The van der Waals surface area contributed by atoms with Gasteiger partial charge in [0.05, 0.1) is 0 Å². The van der Waals surface area contributed by atoms with Gasteiger partial charge >= 0.3 is 0 Å². The molecule has 0 saturated carbocycles. The molecule has 3 nitrogen and oxygen atoms in total. The molecule has 0 aromatic heterocycles. The first kappa shape index (κ1) is 15.8. The summed E-state index contributed by atoms with van der Waals surface area (Å²) >= 11 is 0. The van der Waals surface area contributed by atoms with Gasteiger partial charge in [0, 0.05) is 11.4 Å². The predicted octanol–water partition coefficient (Wildman–Crippen LogP) is 1.47. The van der Waals surface area contributed by atoms with E-state index in [1.807, 2.05) is 24.3 Å². The van der Waals surface area contributed by atoms with Gasteiger partial charge in [-0.2, -0.15) is 0 Å². The van der Waals surface area contributed by atoms with Crippen molar-refractivity contribution in [3.8, 4) is 0 Å². The molecule has 5 heteroatoms. The molecule has 2 rings (SSSR count). The molecule has 4 N–H and O–H groups in total. The van der Waals surface area contributed by atoms with Gasteiger partial charge in [-0.1, -0.05) is 38.1 Å². The highest BCUT2D eigenvalue weighted by molar-refractivity contribution is 6.89. The fourth-order valence-electron chi connectivity index (χ4n) is 2.57. The van der Waals surface area contributed by atoms with E-state index in [2.05, 4.69) is 38.1 Å². The summed E-state index contributed by atoms with van der Waals surface area (Å²) in [5.74, 6) is 0. The number of hydrogen-bond acceptors (Lipinski definition) is 3. The summed E-state index contributed by atoms with van der Waals surface area (Å²) in [6.45, 7) is 4.48. The van der Waals surface area contributed by atoms with Crippen LogP contribution in [0.5, 0.6) is 0 Å². The molecule has 0 aliphatic carbocycles. The fourth-order valence-corrected chi connectivity index (χ4v) is 9.16. The van der Waals surface area contributed by atoms with Crippen LogP contribution >= 0.6 is 0 Å². The molecule has 0 atom stereocenters. The molecule has 0 aliphatic rings. The largest absolute Gasteiger partial charge is 0.453 e. The molecule has 0 spiro atoms. The number of nitrogen functional groups attached to an aromatic ring is 2. The molecule has 0 fully saturated rings. The van der Waals surface area contributed by atoms with E-state index in [9.17, 15) is 0 Å². The van der Waals surface area contributed by atoms with Crippen LogP contribution < -0.4 is 21.8 Å². The average Bonchev–Trinajstić information content (AvgIpc) is 2.52. The molecule has 0 saturated heterocycles. The van der Waals surface area contributed by atoms with Crippen molar-refractivity contribution >= 4 is 39.8 Å².